The normalized spacial score (nSPS) is 12.5. The van der Waals surface area contributed by atoms with E-state index >= 15 is 0 Å². The standard InChI is InChI=1S/C20H21N/c1-14-7-10-17-5-3-4-6-19(17)20(14)18-11-8-16(9-12-18)13-15(2)21/h3-12,15H,13,21H2,1-2H3. The van der Waals surface area contributed by atoms with Gasteiger partial charge in [-0.1, -0.05) is 60.7 Å². The van der Waals surface area contributed by atoms with Gasteiger partial charge in [-0.25, -0.2) is 0 Å². The van der Waals surface area contributed by atoms with Crippen molar-refractivity contribution in [1.82, 2.24) is 0 Å². The van der Waals surface area contributed by atoms with Crippen LogP contribution in [0, 0.1) is 6.92 Å². The fourth-order valence-electron chi connectivity index (χ4n) is 2.94. The predicted octanol–water partition coefficient (Wildman–Crippen LogP) is 4.70. The van der Waals surface area contributed by atoms with Crippen LogP contribution in [0.4, 0.5) is 0 Å². The van der Waals surface area contributed by atoms with Crippen molar-refractivity contribution in [3.63, 3.8) is 0 Å². The summed E-state index contributed by atoms with van der Waals surface area (Å²) in [4.78, 5) is 0. The SMILES string of the molecule is Cc1ccc2ccccc2c1-c1ccc(CC(C)N)cc1. The Labute approximate surface area is 126 Å². The van der Waals surface area contributed by atoms with Gasteiger partial charge in [0.15, 0.2) is 0 Å². The summed E-state index contributed by atoms with van der Waals surface area (Å²) in [6.07, 6.45) is 0.925. The maximum atomic E-state index is 5.87. The summed E-state index contributed by atoms with van der Waals surface area (Å²) in [6, 6.07) is 22.0. The highest BCUT2D eigenvalue weighted by molar-refractivity contribution is 5.98. The lowest BCUT2D eigenvalue weighted by Crippen LogP contribution is -2.17. The van der Waals surface area contributed by atoms with Gasteiger partial charge in [0.25, 0.3) is 0 Å². The minimum absolute atomic E-state index is 0.204. The predicted molar refractivity (Wildman–Crippen MR) is 91.5 cm³/mol. The van der Waals surface area contributed by atoms with Crippen LogP contribution in [0.3, 0.4) is 0 Å². The summed E-state index contributed by atoms with van der Waals surface area (Å²) in [5.74, 6) is 0. The fraction of sp³-hybridized carbons (Fsp3) is 0.200. The zero-order valence-electron chi connectivity index (χ0n) is 12.6. The number of hydrogen-bond donors (Lipinski definition) is 1. The van der Waals surface area contributed by atoms with E-state index in [0.29, 0.717) is 0 Å². The minimum atomic E-state index is 0.204. The highest BCUT2D eigenvalue weighted by Gasteiger charge is 2.07. The van der Waals surface area contributed by atoms with Crippen LogP contribution >= 0.6 is 0 Å². The Kier molecular flexibility index (Phi) is 3.76. The Morgan fingerprint density at radius 3 is 2.33 bits per heavy atom. The largest absolute Gasteiger partial charge is 0.328 e. The van der Waals surface area contributed by atoms with Crippen LogP contribution in [-0.4, -0.2) is 6.04 Å². The molecule has 0 aliphatic heterocycles. The second-order valence-corrected chi connectivity index (χ2v) is 5.86. The van der Waals surface area contributed by atoms with Crippen molar-refractivity contribution >= 4 is 10.8 Å². The first-order valence-electron chi connectivity index (χ1n) is 7.48. The van der Waals surface area contributed by atoms with E-state index in [0.717, 1.165) is 6.42 Å². The first kappa shape index (κ1) is 13.8. The van der Waals surface area contributed by atoms with E-state index in [1.54, 1.807) is 0 Å². The van der Waals surface area contributed by atoms with Gasteiger partial charge in [0, 0.05) is 6.04 Å². The van der Waals surface area contributed by atoms with Crippen LogP contribution in [0.25, 0.3) is 21.9 Å². The Bertz CT molecular complexity index is 754. The first-order valence-corrected chi connectivity index (χ1v) is 7.48. The molecule has 0 aromatic heterocycles. The Hall–Kier alpha value is -2.12. The average Bonchev–Trinajstić information content (AvgIpc) is 2.48. The number of aryl methyl sites for hydroxylation is 1. The molecule has 1 nitrogen and oxygen atoms in total. The Morgan fingerprint density at radius 2 is 1.62 bits per heavy atom. The zero-order valence-corrected chi connectivity index (χ0v) is 12.6. The van der Waals surface area contributed by atoms with Gasteiger partial charge in [0.1, 0.15) is 0 Å². The highest BCUT2D eigenvalue weighted by Crippen LogP contribution is 2.32. The van der Waals surface area contributed by atoms with E-state index in [4.69, 9.17) is 5.73 Å². The van der Waals surface area contributed by atoms with E-state index in [1.165, 1.54) is 33.0 Å². The van der Waals surface area contributed by atoms with Crippen LogP contribution in [0.15, 0.2) is 60.7 Å². The van der Waals surface area contributed by atoms with E-state index in [-0.39, 0.29) is 6.04 Å². The summed E-state index contributed by atoms with van der Waals surface area (Å²) in [7, 11) is 0. The number of benzene rings is 3. The molecule has 0 saturated heterocycles. The van der Waals surface area contributed by atoms with Gasteiger partial charge in [0.2, 0.25) is 0 Å². The monoisotopic (exact) mass is 275 g/mol. The number of rotatable bonds is 3. The first-order chi connectivity index (χ1) is 10.1. The topological polar surface area (TPSA) is 26.0 Å². The lowest BCUT2D eigenvalue weighted by Gasteiger charge is -2.12. The molecule has 0 aliphatic carbocycles. The third-order valence-corrected chi connectivity index (χ3v) is 3.94. The van der Waals surface area contributed by atoms with Gasteiger partial charge in [0.05, 0.1) is 0 Å². The second kappa shape index (κ2) is 5.71. The molecular formula is C20H21N. The molecule has 21 heavy (non-hydrogen) atoms. The van der Waals surface area contributed by atoms with Gasteiger partial charge in [-0.2, -0.15) is 0 Å². The Balaban J connectivity index is 2.09. The van der Waals surface area contributed by atoms with Gasteiger partial charge in [-0.3, -0.25) is 0 Å². The average molecular weight is 275 g/mol. The summed E-state index contributed by atoms with van der Waals surface area (Å²) in [5.41, 5.74) is 11.1. The summed E-state index contributed by atoms with van der Waals surface area (Å²) in [6.45, 7) is 4.22. The molecule has 1 heteroatoms. The van der Waals surface area contributed by atoms with Crippen LogP contribution in [0.5, 0.6) is 0 Å². The summed E-state index contributed by atoms with van der Waals surface area (Å²) >= 11 is 0. The van der Waals surface area contributed by atoms with Crippen molar-refractivity contribution in [3.8, 4) is 11.1 Å². The molecule has 0 spiro atoms. The second-order valence-electron chi connectivity index (χ2n) is 5.86. The maximum absolute atomic E-state index is 5.87. The fourth-order valence-corrected chi connectivity index (χ4v) is 2.94. The number of nitrogens with two attached hydrogens (primary N) is 1. The minimum Gasteiger partial charge on any atom is -0.328 e. The number of hydrogen-bond acceptors (Lipinski definition) is 1. The molecular weight excluding hydrogens is 254 g/mol. The van der Waals surface area contributed by atoms with Crippen LogP contribution < -0.4 is 5.73 Å². The highest BCUT2D eigenvalue weighted by atomic mass is 14.6. The Morgan fingerprint density at radius 1 is 0.905 bits per heavy atom. The van der Waals surface area contributed by atoms with E-state index in [1.807, 2.05) is 6.92 Å². The summed E-state index contributed by atoms with van der Waals surface area (Å²) < 4.78 is 0. The zero-order chi connectivity index (χ0) is 14.8. The van der Waals surface area contributed by atoms with Crippen molar-refractivity contribution in [3.05, 3.63) is 71.8 Å². The van der Waals surface area contributed by atoms with Crippen LogP contribution in [0.1, 0.15) is 18.1 Å². The van der Waals surface area contributed by atoms with Crippen molar-refractivity contribution < 1.29 is 0 Å². The third-order valence-electron chi connectivity index (χ3n) is 3.94. The molecule has 1 unspecified atom stereocenters. The van der Waals surface area contributed by atoms with Gasteiger partial charge in [-0.15, -0.1) is 0 Å². The molecule has 0 radical (unpaired) electrons. The van der Waals surface area contributed by atoms with Crippen molar-refractivity contribution in [2.75, 3.05) is 0 Å². The molecule has 3 aromatic rings. The summed E-state index contributed by atoms with van der Waals surface area (Å²) in [5, 5.41) is 2.61. The molecule has 0 fully saturated rings. The molecule has 0 bridgehead atoms. The third kappa shape index (κ3) is 2.84. The molecule has 0 aliphatic rings. The van der Waals surface area contributed by atoms with Crippen LogP contribution in [0.2, 0.25) is 0 Å². The maximum Gasteiger partial charge on any atom is 0.00509 e. The van der Waals surface area contributed by atoms with E-state index in [2.05, 4.69) is 67.6 Å². The van der Waals surface area contributed by atoms with Gasteiger partial charge < -0.3 is 5.73 Å². The molecule has 1 atom stereocenters. The van der Waals surface area contributed by atoms with Crippen molar-refractivity contribution in [2.24, 2.45) is 5.73 Å². The quantitative estimate of drug-likeness (QED) is 0.736. The molecule has 3 aromatic carbocycles. The van der Waals surface area contributed by atoms with Gasteiger partial charge in [-0.05, 0) is 53.3 Å². The van der Waals surface area contributed by atoms with E-state index < -0.39 is 0 Å². The van der Waals surface area contributed by atoms with Crippen molar-refractivity contribution in [2.45, 2.75) is 26.3 Å². The molecule has 0 heterocycles. The van der Waals surface area contributed by atoms with E-state index in [9.17, 15) is 0 Å². The lowest BCUT2D eigenvalue weighted by atomic mass is 9.93. The lowest BCUT2D eigenvalue weighted by molar-refractivity contribution is 0.738. The van der Waals surface area contributed by atoms with Crippen molar-refractivity contribution in [1.29, 1.82) is 0 Å². The molecule has 0 amide bonds. The molecule has 106 valence electrons. The van der Waals surface area contributed by atoms with Gasteiger partial charge >= 0.3 is 0 Å². The molecule has 3 rings (SSSR count). The molecule has 2 N–H and O–H groups in total. The van der Waals surface area contributed by atoms with Crippen LogP contribution in [-0.2, 0) is 6.42 Å². The smallest absolute Gasteiger partial charge is 0.00509 e. The molecule has 0 saturated carbocycles. The number of fused-ring (bicyclic) bond motifs is 1.